The molecule has 0 heterocycles. The van der Waals surface area contributed by atoms with Crippen LogP contribution in [-0.2, 0) is 13.2 Å². The fourth-order valence-corrected chi connectivity index (χ4v) is 2.63. The molecular formula is C21H19ClFNO. The van der Waals surface area contributed by atoms with Crippen molar-refractivity contribution in [1.82, 2.24) is 0 Å². The van der Waals surface area contributed by atoms with Gasteiger partial charge in [0.15, 0.2) is 0 Å². The minimum Gasteiger partial charge on any atom is -0.489 e. The van der Waals surface area contributed by atoms with Crippen molar-refractivity contribution in [3.63, 3.8) is 0 Å². The maximum Gasteiger partial charge on any atom is 0.141 e. The Kier molecular flexibility index (Phi) is 5.56. The van der Waals surface area contributed by atoms with Gasteiger partial charge in [-0.15, -0.1) is 0 Å². The molecule has 0 unspecified atom stereocenters. The van der Waals surface area contributed by atoms with E-state index in [4.69, 9.17) is 16.3 Å². The second-order valence-electron chi connectivity index (χ2n) is 5.84. The summed E-state index contributed by atoms with van der Waals surface area (Å²) < 4.78 is 19.0. The van der Waals surface area contributed by atoms with E-state index in [1.165, 1.54) is 17.2 Å². The molecule has 1 N–H and O–H groups in total. The van der Waals surface area contributed by atoms with E-state index in [1.54, 1.807) is 12.1 Å². The van der Waals surface area contributed by atoms with Crippen molar-refractivity contribution in [2.45, 2.75) is 20.1 Å². The van der Waals surface area contributed by atoms with Gasteiger partial charge in [0.2, 0.25) is 0 Å². The lowest BCUT2D eigenvalue weighted by atomic mass is 10.1. The summed E-state index contributed by atoms with van der Waals surface area (Å²) >= 11 is 5.78. The highest BCUT2D eigenvalue weighted by Gasteiger charge is 2.02. The van der Waals surface area contributed by atoms with Gasteiger partial charge < -0.3 is 10.1 Å². The SMILES string of the molecule is Cc1ccccc1COc1ccc(CNc2ccc(F)c(Cl)c2)cc1. The van der Waals surface area contributed by atoms with Gasteiger partial charge in [0.25, 0.3) is 0 Å². The predicted molar refractivity (Wildman–Crippen MR) is 101 cm³/mol. The highest BCUT2D eigenvalue weighted by Crippen LogP contribution is 2.21. The van der Waals surface area contributed by atoms with Crippen molar-refractivity contribution in [2.24, 2.45) is 0 Å². The van der Waals surface area contributed by atoms with Crippen LogP contribution in [0.1, 0.15) is 16.7 Å². The van der Waals surface area contributed by atoms with Gasteiger partial charge in [-0.05, 0) is 53.9 Å². The Hall–Kier alpha value is -2.52. The van der Waals surface area contributed by atoms with E-state index < -0.39 is 5.82 Å². The highest BCUT2D eigenvalue weighted by molar-refractivity contribution is 6.31. The minimum atomic E-state index is -0.414. The normalized spacial score (nSPS) is 10.5. The van der Waals surface area contributed by atoms with Crippen molar-refractivity contribution in [2.75, 3.05) is 5.32 Å². The number of hydrogen-bond acceptors (Lipinski definition) is 2. The zero-order valence-corrected chi connectivity index (χ0v) is 14.7. The number of nitrogens with one attached hydrogen (secondary N) is 1. The molecule has 128 valence electrons. The van der Waals surface area contributed by atoms with E-state index in [0.29, 0.717) is 13.2 Å². The molecule has 0 spiro atoms. The Morgan fingerprint density at radius 2 is 1.76 bits per heavy atom. The van der Waals surface area contributed by atoms with Crippen LogP contribution in [0.4, 0.5) is 10.1 Å². The van der Waals surface area contributed by atoms with Gasteiger partial charge >= 0.3 is 0 Å². The second kappa shape index (κ2) is 8.04. The fourth-order valence-electron chi connectivity index (χ4n) is 2.45. The monoisotopic (exact) mass is 355 g/mol. The van der Waals surface area contributed by atoms with Crippen LogP contribution in [0.2, 0.25) is 5.02 Å². The molecule has 0 aromatic heterocycles. The first-order valence-corrected chi connectivity index (χ1v) is 8.45. The largest absolute Gasteiger partial charge is 0.489 e. The Balaban J connectivity index is 1.55. The van der Waals surface area contributed by atoms with Crippen LogP contribution < -0.4 is 10.1 Å². The number of ether oxygens (including phenoxy) is 1. The lowest BCUT2D eigenvalue weighted by Crippen LogP contribution is -2.00. The number of hydrogen-bond donors (Lipinski definition) is 1. The van der Waals surface area contributed by atoms with Crippen LogP contribution in [0.15, 0.2) is 66.7 Å². The third-order valence-electron chi connectivity index (χ3n) is 4.00. The van der Waals surface area contributed by atoms with Gasteiger partial charge in [0.1, 0.15) is 18.2 Å². The number of rotatable bonds is 6. The molecular weight excluding hydrogens is 337 g/mol. The smallest absolute Gasteiger partial charge is 0.141 e. The molecule has 0 saturated carbocycles. The maximum atomic E-state index is 13.2. The first-order valence-electron chi connectivity index (χ1n) is 8.07. The van der Waals surface area contributed by atoms with E-state index in [9.17, 15) is 4.39 Å². The minimum absolute atomic E-state index is 0.116. The quantitative estimate of drug-likeness (QED) is 0.587. The topological polar surface area (TPSA) is 21.3 Å². The lowest BCUT2D eigenvalue weighted by molar-refractivity contribution is 0.305. The summed E-state index contributed by atoms with van der Waals surface area (Å²) in [4.78, 5) is 0. The molecule has 0 radical (unpaired) electrons. The number of aryl methyl sites for hydroxylation is 1. The maximum absolute atomic E-state index is 13.2. The number of halogens is 2. The molecule has 3 rings (SSSR count). The standard InChI is InChI=1S/C21H19ClFNO/c1-15-4-2-3-5-17(15)14-25-19-9-6-16(7-10-19)13-24-18-8-11-21(23)20(22)12-18/h2-12,24H,13-14H2,1H3. The Morgan fingerprint density at radius 3 is 2.48 bits per heavy atom. The van der Waals surface area contributed by atoms with Crippen molar-refractivity contribution in [3.05, 3.63) is 94.3 Å². The van der Waals surface area contributed by atoms with E-state index in [2.05, 4.69) is 24.4 Å². The molecule has 4 heteroatoms. The summed E-state index contributed by atoms with van der Waals surface area (Å²) in [7, 11) is 0. The summed E-state index contributed by atoms with van der Waals surface area (Å²) in [6.45, 7) is 3.26. The van der Waals surface area contributed by atoms with Crippen LogP contribution in [0.3, 0.4) is 0 Å². The third-order valence-corrected chi connectivity index (χ3v) is 4.28. The second-order valence-corrected chi connectivity index (χ2v) is 6.25. The van der Waals surface area contributed by atoms with Gasteiger partial charge in [-0.1, -0.05) is 48.0 Å². The molecule has 3 aromatic rings. The molecule has 0 aliphatic heterocycles. The van der Waals surface area contributed by atoms with Crippen LogP contribution >= 0.6 is 11.6 Å². The van der Waals surface area contributed by atoms with E-state index in [1.807, 2.05) is 36.4 Å². The number of benzene rings is 3. The van der Waals surface area contributed by atoms with Crippen LogP contribution in [0, 0.1) is 12.7 Å². The summed E-state index contributed by atoms with van der Waals surface area (Å²) in [6.07, 6.45) is 0. The predicted octanol–water partition coefficient (Wildman–Crippen LogP) is 5.98. The Labute approximate surface area is 152 Å². The first-order chi connectivity index (χ1) is 12.1. The summed E-state index contributed by atoms with van der Waals surface area (Å²) in [5.74, 6) is 0.416. The Bertz CT molecular complexity index is 849. The van der Waals surface area contributed by atoms with Crippen molar-refractivity contribution in [3.8, 4) is 5.75 Å². The van der Waals surface area contributed by atoms with E-state index in [-0.39, 0.29) is 5.02 Å². The summed E-state index contributed by atoms with van der Waals surface area (Å²) in [5, 5.41) is 3.34. The summed E-state index contributed by atoms with van der Waals surface area (Å²) in [6, 6.07) is 20.7. The molecule has 3 aromatic carbocycles. The average molecular weight is 356 g/mol. The van der Waals surface area contributed by atoms with Crippen LogP contribution in [0.5, 0.6) is 5.75 Å². The fraction of sp³-hybridized carbons (Fsp3) is 0.143. The number of anilines is 1. The zero-order valence-electron chi connectivity index (χ0n) is 13.9. The van der Waals surface area contributed by atoms with E-state index >= 15 is 0 Å². The van der Waals surface area contributed by atoms with Gasteiger partial charge in [0, 0.05) is 12.2 Å². The van der Waals surface area contributed by atoms with Gasteiger partial charge in [-0.25, -0.2) is 4.39 Å². The average Bonchev–Trinajstić information content (AvgIpc) is 2.63. The molecule has 0 bridgehead atoms. The highest BCUT2D eigenvalue weighted by atomic mass is 35.5. The van der Waals surface area contributed by atoms with Crippen molar-refractivity contribution >= 4 is 17.3 Å². The molecule has 0 saturated heterocycles. The van der Waals surface area contributed by atoms with Gasteiger partial charge in [-0.2, -0.15) is 0 Å². The van der Waals surface area contributed by atoms with Crippen LogP contribution in [-0.4, -0.2) is 0 Å². The molecule has 25 heavy (non-hydrogen) atoms. The third kappa shape index (κ3) is 4.74. The molecule has 0 atom stereocenters. The molecule has 0 amide bonds. The zero-order chi connectivity index (χ0) is 17.6. The lowest BCUT2D eigenvalue weighted by Gasteiger charge is -2.10. The van der Waals surface area contributed by atoms with Crippen molar-refractivity contribution < 1.29 is 9.13 Å². The first kappa shape index (κ1) is 17.3. The van der Waals surface area contributed by atoms with Gasteiger partial charge in [0.05, 0.1) is 5.02 Å². The molecule has 0 aliphatic carbocycles. The molecule has 0 aliphatic rings. The molecule has 2 nitrogen and oxygen atoms in total. The Morgan fingerprint density at radius 1 is 1.00 bits per heavy atom. The van der Waals surface area contributed by atoms with Crippen LogP contribution in [0.25, 0.3) is 0 Å². The molecule has 0 fully saturated rings. The summed E-state index contributed by atoms with van der Waals surface area (Å²) in [5.41, 5.74) is 4.29. The van der Waals surface area contributed by atoms with E-state index in [0.717, 1.165) is 17.0 Å². The van der Waals surface area contributed by atoms with Gasteiger partial charge in [-0.3, -0.25) is 0 Å². The van der Waals surface area contributed by atoms with Crippen molar-refractivity contribution in [1.29, 1.82) is 0 Å².